The minimum Gasteiger partial charge on any atom is -0.392 e. The van der Waals surface area contributed by atoms with Crippen LogP contribution in [0.25, 0.3) is 11.0 Å². The predicted molar refractivity (Wildman–Crippen MR) is 55.1 cm³/mol. The summed E-state index contributed by atoms with van der Waals surface area (Å²) in [6, 6.07) is 2.93. The fourth-order valence-electron chi connectivity index (χ4n) is 1.35. The summed E-state index contributed by atoms with van der Waals surface area (Å²) in [6.07, 6.45) is 1.37. The zero-order valence-corrected chi connectivity index (χ0v) is 9.01. The monoisotopic (exact) mass is 246 g/mol. The maximum atomic E-state index is 11.2. The molecule has 2 aromatic rings. The number of hydrogen-bond acceptors (Lipinski definition) is 4. The molecule has 2 N–H and O–H groups in total. The van der Waals surface area contributed by atoms with E-state index < -0.39 is 9.05 Å². The number of benzene rings is 1. The van der Waals surface area contributed by atoms with Gasteiger partial charge in [-0.05, 0) is 17.7 Å². The summed E-state index contributed by atoms with van der Waals surface area (Å²) in [4.78, 5) is 6.53. The first-order chi connectivity index (χ1) is 7.02. The van der Waals surface area contributed by atoms with Gasteiger partial charge in [0.15, 0.2) is 0 Å². The van der Waals surface area contributed by atoms with Crippen molar-refractivity contribution in [2.24, 2.45) is 0 Å². The molecule has 0 aliphatic rings. The van der Waals surface area contributed by atoms with Gasteiger partial charge in [0, 0.05) is 10.7 Å². The third-order valence-electron chi connectivity index (χ3n) is 1.99. The zero-order chi connectivity index (χ0) is 11.1. The number of hydrogen-bond donors (Lipinski definition) is 2. The molecule has 0 unspecified atom stereocenters. The Kier molecular flexibility index (Phi) is 2.41. The molecule has 1 aromatic heterocycles. The minimum absolute atomic E-state index is 0.0908. The summed E-state index contributed by atoms with van der Waals surface area (Å²) in [5, 5.41) is 8.95. The van der Waals surface area contributed by atoms with E-state index in [-0.39, 0.29) is 17.0 Å². The van der Waals surface area contributed by atoms with Gasteiger partial charge in [-0.25, -0.2) is 13.4 Å². The van der Waals surface area contributed by atoms with Gasteiger partial charge in [0.2, 0.25) is 0 Å². The van der Waals surface area contributed by atoms with E-state index in [2.05, 4.69) is 9.97 Å². The van der Waals surface area contributed by atoms with Crippen molar-refractivity contribution in [3.05, 3.63) is 24.0 Å². The highest BCUT2D eigenvalue weighted by atomic mass is 35.7. The van der Waals surface area contributed by atoms with Crippen LogP contribution < -0.4 is 0 Å². The standard InChI is InChI=1S/C8H7ClN2O3S/c9-15(13,14)7-2-5(3-12)1-6-8(7)11-4-10-6/h1-2,4,12H,3H2,(H,10,11). The first-order valence-electron chi connectivity index (χ1n) is 4.04. The molecule has 0 atom stereocenters. The van der Waals surface area contributed by atoms with Gasteiger partial charge in [0.25, 0.3) is 9.05 Å². The van der Waals surface area contributed by atoms with Crippen molar-refractivity contribution in [2.75, 3.05) is 0 Å². The Morgan fingerprint density at radius 1 is 1.47 bits per heavy atom. The zero-order valence-electron chi connectivity index (χ0n) is 7.44. The fraction of sp³-hybridized carbons (Fsp3) is 0.125. The van der Waals surface area contributed by atoms with Crippen LogP contribution in [0.5, 0.6) is 0 Å². The smallest absolute Gasteiger partial charge is 0.263 e. The number of H-pyrrole nitrogens is 1. The molecule has 80 valence electrons. The molecule has 0 amide bonds. The van der Waals surface area contributed by atoms with Crippen LogP contribution in [0.15, 0.2) is 23.4 Å². The van der Waals surface area contributed by atoms with E-state index in [1.807, 2.05) is 0 Å². The van der Waals surface area contributed by atoms with Gasteiger partial charge in [-0.1, -0.05) is 0 Å². The number of imidazole rings is 1. The minimum atomic E-state index is -3.85. The summed E-state index contributed by atoms with van der Waals surface area (Å²) >= 11 is 0. The molecule has 0 aliphatic heterocycles. The lowest BCUT2D eigenvalue weighted by molar-refractivity contribution is 0.281. The van der Waals surface area contributed by atoms with E-state index in [0.29, 0.717) is 11.1 Å². The fourth-order valence-corrected chi connectivity index (χ4v) is 2.39. The van der Waals surface area contributed by atoms with Crippen molar-refractivity contribution in [2.45, 2.75) is 11.5 Å². The second-order valence-corrected chi connectivity index (χ2v) is 5.52. The topological polar surface area (TPSA) is 83.0 Å². The quantitative estimate of drug-likeness (QED) is 0.774. The average molecular weight is 247 g/mol. The van der Waals surface area contributed by atoms with E-state index in [1.54, 1.807) is 6.07 Å². The van der Waals surface area contributed by atoms with Gasteiger partial charge < -0.3 is 10.1 Å². The molecule has 0 radical (unpaired) electrons. The molecule has 0 saturated heterocycles. The van der Waals surface area contributed by atoms with Gasteiger partial charge >= 0.3 is 0 Å². The van der Waals surface area contributed by atoms with Gasteiger partial charge in [0.05, 0.1) is 18.5 Å². The van der Waals surface area contributed by atoms with Crippen LogP contribution in [0.2, 0.25) is 0 Å². The number of rotatable bonds is 2. The summed E-state index contributed by atoms with van der Waals surface area (Å²) in [5.41, 5.74) is 1.27. The van der Waals surface area contributed by atoms with Crippen LogP contribution in [-0.2, 0) is 15.7 Å². The highest BCUT2D eigenvalue weighted by Crippen LogP contribution is 2.25. The normalized spacial score (nSPS) is 12.1. The van der Waals surface area contributed by atoms with E-state index >= 15 is 0 Å². The van der Waals surface area contributed by atoms with E-state index in [0.717, 1.165) is 0 Å². The number of fused-ring (bicyclic) bond motifs is 1. The summed E-state index contributed by atoms with van der Waals surface area (Å²) < 4.78 is 22.5. The number of aliphatic hydroxyl groups excluding tert-OH is 1. The lowest BCUT2D eigenvalue weighted by atomic mass is 10.2. The van der Waals surface area contributed by atoms with Crippen molar-refractivity contribution >= 4 is 30.8 Å². The van der Waals surface area contributed by atoms with Gasteiger partial charge in [0.1, 0.15) is 10.4 Å². The van der Waals surface area contributed by atoms with Crippen LogP contribution in [-0.4, -0.2) is 23.5 Å². The molecule has 1 heterocycles. The van der Waals surface area contributed by atoms with Crippen molar-refractivity contribution < 1.29 is 13.5 Å². The number of aliphatic hydroxyl groups is 1. The highest BCUT2D eigenvalue weighted by molar-refractivity contribution is 8.14. The Hall–Kier alpha value is -1.11. The van der Waals surface area contributed by atoms with E-state index in [4.69, 9.17) is 15.8 Å². The first kappa shape index (κ1) is 10.4. The van der Waals surface area contributed by atoms with Crippen molar-refractivity contribution in [3.63, 3.8) is 0 Å². The molecule has 5 nitrogen and oxygen atoms in total. The summed E-state index contributed by atoms with van der Waals surface area (Å²) in [6.45, 7) is -0.256. The molecule has 1 aromatic carbocycles. The third kappa shape index (κ3) is 1.83. The Balaban J connectivity index is 2.86. The Labute approximate surface area is 90.1 Å². The average Bonchev–Trinajstić information content (AvgIpc) is 2.61. The number of nitrogens with zero attached hydrogens (tertiary/aromatic N) is 1. The Bertz CT molecular complexity index is 605. The number of aromatic nitrogens is 2. The molecule has 2 rings (SSSR count). The van der Waals surface area contributed by atoms with Gasteiger partial charge in [-0.3, -0.25) is 0 Å². The molecule has 0 bridgehead atoms. The van der Waals surface area contributed by atoms with Crippen LogP contribution in [0.4, 0.5) is 0 Å². The van der Waals surface area contributed by atoms with Crippen LogP contribution >= 0.6 is 10.7 Å². The number of halogens is 1. The molecular formula is C8H7ClN2O3S. The van der Waals surface area contributed by atoms with Crippen molar-refractivity contribution in [1.29, 1.82) is 0 Å². The SMILES string of the molecule is O=S(=O)(Cl)c1cc(CO)cc2[nH]cnc12. The molecule has 0 fully saturated rings. The number of aromatic amines is 1. The predicted octanol–water partition coefficient (Wildman–Crippen LogP) is 0.983. The molecule has 7 heteroatoms. The highest BCUT2D eigenvalue weighted by Gasteiger charge is 2.17. The second kappa shape index (κ2) is 3.48. The molecule has 15 heavy (non-hydrogen) atoms. The molecule has 0 saturated carbocycles. The maximum absolute atomic E-state index is 11.2. The molecule has 0 spiro atoms. The Morgan fingerprint density at radius 2 is 2.20 bits per heavy atom. The van der Waals surface area contributed by atoms with Crippen LogP contribution in [0.1, 0.15) is 5.56 Å². The second-order valence-electron chi connectivity index (χ2n) is 2.99. The van der Waals surface area contributed by atoms with Gasteiger partial charge in [-0.15, -0.1) is 0 Å². The molecule has 0 aliphatic carbocycles. The number of nitrogens with one attached hydrogen (secondary N) is 1. The summed E-state index contributed by atoms with van der Waals surface area (Å²) in [7, 11) is 1.41. The third-order valence-corrected chi connectivity index (χ3v) is 3.33. The lowest BCUT2D eigenvalue weighted by Gasteiger charge is -2.01. The van der Waals surface area contributed by atoms with E-state index in [1.165, 1.54) is 12.4 Å². The Morgan fingerprint density at radius 3 is 2.80 bits per heavy atom. The molecular weight excluding hydrogens is 240 g/mol. The van der Waals surface area contributed by atoms with Crippen LogP contribution in [0.3, 0.4) is 0 Å². The largest absolute Gasteiger partial charge is 0.392 e. The summed E-state index contributed by atoms with van der Waals surface area (Å²) in [5.74, 6) is 0. The first-order valence-corrected chi connectivity index (χ1v) is 6.35. The lowest BCUT2D eigenvalue weighted by Crippen LogP contribution is -1.95. The van der Waals surface area contributed by atoms with Crippen molar-refractivity contribution in [1.82, 2.24) is 9.97 Å². The maximum Gasteiger partial charge on any atom is 0.263 e. The van der Waals surface area contributed by atoms with Crippen LogP contribution in [0, 0.1) is 0 Å². The van der Waals surface area contributed by atoms with Gasteiger partial charge in [-0.2, -0.15) is 0 Å². The van der Waals surface area contributed by atoms with Crippen molar-refractivity contribution in [3.8, 4) is 0 Å². The van der Waals surface area contributed by atoms with E-state index in [9.17, 15) is 8.42 Å².